The zero-order chi connectivity index (χ0) is 5.86. The Morgan fingerprint density at radius 2 is 2.12 bits per heavy atom. The molecular weight excluding hydrogens is 278 g/mol. The molecule has 0 saturated heterocycles. The summed E-state index contributed by atoms with van der Waals surface area (Å²) in [4.78, 5) is 14.5. The SMILES string of the molecule is [CH2-]C(=O)N(C)OC.[W]. The summed E-state index contributed by atoms with van der Waals surface area (Å²) in [6.45, 7) is 3.07. The average molecular weight is 286 g/mol. The first-order valence-electron chi connectivity index (χ1n) is 1.82. The van der Waals surface area contributed by atoms with Crippen LogP contribution in [-0.4, -0.2) is 25.1 Å². The number of hydrogen-bond donors (Lipinski definition) is 0. The van der Waals surface area contributed by atoms with E-state index in [1.807, 2.05) is 0 Å². The van der Waals surface area contributed by atoms with Crippen molar-refractivity contribution in [1.82, 2.24) is 5.06 Å². The summed E-state index contributed by atoms with van der Waals surface area (Å²) in [5.74, 6) is -0.345. The molecule has 0 saturated carbocycles. The summed E-state index contributed by atoms with van der Waals surface area (Å²) in [5, 5.41) is 1.04. The maximum absolute atomic E-state index is 10.1. The third-order valence-corrected chi connectivity index (χ3v) is 0.625. The number of rotatable bonds is 1. The molecule has 3 nitrogen and oxygen atoms in total. The van der Waals surface area contributed by atoms with Gasteiger partial charge in [0.2, 0.25) is 0 Å². The number of hydroxylamine groups is 2. The van der Waals surface area contributed by atoms with Crippen LogP contribution in [0.25, 0.3) is 0 Å². The average Bonchev–Trinajstić information content (AvgIpc) is 1.65. The number of hydrogen-bond acceptors (Lipinski definition) is 2. The van der Waals surface area contributed by atoms with Gasteiger partial charge in [0.15, 0.2) is 0 Å². The molecule has 0 aliphatic heterocycles. The van der Waals surface area contributed by atoms with Gasteiger partial charge in [-0.3, -0.25) is 9.90 Å². The molecule has 0 bridgehead atoms. The van der Waals surface area contributed by atoms with Gasteiger partial charge in [0, 0.05) is 28.1 Å². The van der Waals surface area contributed by atoms with Gasteiger partial charge in [0.25, 0.3) is 0 Å². The second-order valence-corrected chi connectivity index (χ2v) is 1.07. The number of carbonyl (C=O) groups is 1. The standard InChI is InChI=1S/C4H8NO2.W/c1-4(6)5(2)7-3;/h1H2,2-3H3;/q-1;. The number of amides is 1. The molecule has 4 heteroatoms. The summed E-state index contributed by atoms with van der Waals surface area (Å²) in [6.07, 6.45) is 0. The maximum Gasteiger partial charge on any atom is 0.108 e. The number of carbonyl (C=O) groups excluding carboxylic acids is 1. The molecule has 1 amide bonds. The Labute approximate surface area is 63.2 Å². The minimum absolute atomic E-state index is 0. The van der Waals surface area contributed by atoms with E-state index in [1.54, 1.807) is 0 Å². The van der Waals surface area contributed by atoms with Crippen LogP contribution >= 0.6 is 0 Å². The van der Waals surface area contributed by atoms with E-state index >= 15 is 0 Å². The Hall–Kier alpha value is -0.0117. The predicted molar refractivity (Wildman–Crippen MR) is 25.1 cm³/mol. The molecule has 8 heavy (non-hydrogen) atoms. The Kier molecular flexibility index (Phi) is 6.98. The Bertz CT molecular complexity index is 76.4. The zero-order valence-electron chi connectivity index (χ0n) is 4.88. The summed E-state index contributed by atoms with van der Waals surface area (Å²) < 4.78 is 0. The first kappa shape index (κ1) is 10.9. The van der Waals surface area contributed by atoms with Gasteiger partial charge in [0.05, 0.1) is 7.11 Å². The van der Waals surface area contributed by atoms with E-state index < -0.39 is 0 Å². The van der Waals surface area contributed by atoms with E-state index in [0.717, 1.165) is 5.06 Å². The molecule has 0 aromatic carbocycles. The smallest absolute Gasteiger partial charge is 0.108 e. The predicted octanol–water partition coefficient (Wildman–Crippen LogP) is -0.162. The third-order valence-electron chi connectivity index (χ3n) is 0.625. The molecule has 0 radical (unpaired) electrons. The van der Waals surface area contributed by atoms with E-state index in [2.05, 4.69) is 11.8 Å². The largest absolute Gasteiger partial charge is 0.316 e. The summed E-state index contributed by atoms with van der Waals surface area (Å²) >= 11 is 0. The van der Waals surface area contributed by atoms with Gasteiger partial charge < -0.3 is 11.7 Å². The molecule has 0 atom stereocenters. The first-order valence-corrected chi connectivity index (χ1v) is 1.82. The molecule has 0 aliphatic carbocycles. The van der Waals surface area contributed by atoms with E-state index in [-0.39, 0.29) is 27.0 Å². The topological polar surface area (TPSA) is 29.5 Å². The van der Waals surface area contributed by atoms with Crippen LogP contribution in [0.15, 0.2) is 0 Å². The van der Waals surface area contributed by atoms with Crippen molar-refractivity contribution in [3.05, 3.63) is 6.92 Å². The molecule has 0 N–H and O–H groups in total. The number of nitrogens with zero attached hydrogens (tertiary/aromatic N) is 1. The van der Waals surface area contributed by atoms with E-state index in [0.29, 0.717) is 0 Å². The Morgan fingerprint density at radius 1 is 1.75 bits per heavy atom. The van der Waals surface area contributed by atoms with E-state index in [1.165, 1.54) is 14.2 Å². The molecule has 48 valence electrons. The normalized spacial score (nSPS) is 7.25. The van der Waals surface area contributed by atoms with Gasteiger partial charge in [-0.2, -0.15) is 0 Å². The van der Waals surface area contributed by atoms with Crippen LogP contribution in [0.5, 0.6) is 0 Å². The van der Waals surface area contributed by atoms with Crippen LogP contribution < -0.4 is 0 Å². The van der Waals surface area contributed by atoms with Crippen molar-refractivity contribution in [1.29, 1.82) is 0 Å². The van der Waals surface area contributed by atoms with Crippen LogP contribution in [0.4, 0.5) is 0 Å². The molecule has 0 aromatic heterocycles. The summed E-state index contributed by atoms with van der Waals surface area (Å²) in [7, 11) is 2.90. The van der Waals surface area contributed by atoms with Crippen molar-refractivity contribution in [3.8, 4) is 0 Å². The van der Waals surface area contributed by atoms with Crippen LogP contribution in [0.1, 0.15) is 0 Å². The fourth-order valence-electron chi connectivity index (χ4n) is 0.102. The third kappa shape index (κ3) is 4.16. The second-order valence-electron chi connectivity index (χ2n) is 1.07. The molecular formula is C4H8NO2W-. The fourth-order valence-corrected chi connectivity index (χ4v) is 0.102. The fraction of sp³-hybridized carbons (Fsp3) is 0.500. The van der Waals surface area contributed by atoms with Crippen molar-refractivity contribution in [3.63, 3.8) is 0 Å². The van der Waals surface area contributed by atoms with Crippen molar-refractivity contribution in [2.45, 2.75) is 0 Å². The van der Waals surface area contributed by atoms with Crippen molar-refractivity contribution in [2.24, 2.45) is 0 Å². The molecule has 0 spiro atoms. The quantitative estimate of drug-likeness (QED) is 0.495. The monoisotopic (exact) mass is 286 g/mol. The van der Waals surface area contributed by atoms with Gasteiger partial charge in [-0.05, 0) is 0 Å². The van der Waals surface area contributed by atoms with Crippen molar-refractivity contribution in [2.75, 3.05) is 14.2 Å². The first-order chi connectivity index (χ1) is 3.18. The van der Waals surface area contributed by atoms with E-state index in [9.17, 15) is 4.79 Å². The Morgan fingerprint density at radius 3 is 2.12 bits per heavy atom. The second kappa shape index (κ2) is 5.13. The van der Waals surface area contributed by atoms with Crippen LogP contribution in [0.3, 0.4) is 0 Å². The molecule has 0 aliphatic rings. The minimum Gasteiger partial charge on any atom is -0.316 e. The van der Waals surface area contributed by atoms with Gasteiger partial charge >= 0.3 is 0 Å². The van der Waals surface area contributed by atoms with Crippen LogP contribution in [0.2, 0.25) is 0 Å². The van der Waals surface area contributed by atoms with Crippen molar-refractivity contribution >= 4 is 5.91 Å². The zero-order valence-corrected chi connectivity index (χ0v) is 7.81. The molecule has 0 aromatic rings. The molecule has 0 heterocycles. The minimum atomic E-state index is -0.345. The summed E-state index contributed by atoms with van der Waals surface area (Å²) in [6, 6.07) is 0. The van der Waals surface area contributed by atoms with Crippen molar-refractivity contribution < 1.29 is 30.7 Å². The molecule has 0 rings (SSSR count). The van der Waals surface area contributed by atoms with Crippen LogP contribution in [0, 0.1) is 6.92 Å². The van der Waals surface area contributed by atoms with E-state index in [4.69, 9.17) is 0 Å². The van der Waals surface area contributed by atoms with Gasteiger partial charge in [-0.15, -0.1) is 0 Å². The Balaban J connectivity index is 0. The maximum atomic E-state index is 10.1. The molecule has 0 unspecified atom stereocenters. The van der Waals surface area contributed by atoms with Gasteiger partial charge in [0.1, 0.15) is 5.91 Å². The van der Waals surface area contributed by atoms with Gasteiger partial charge in [-0.1, -0.05) is 0 Å². The molecule has 0 fully saturated rings. The van der Waals surface area contributed by atoms with Gasteiger partial charge in [-0.25, -0.2) is 0 Å². The summed E-state index contributed by atoms with van der Waals surface area (Å²) in [5.41, 5.74) is 0. The van der Waals surface area contributed by atoms with Crippen LogP contribution in [-0.2, 0) is 30.7 Å².